The number of hydrogen-bond acceptors (Lipinski definition) is 4. The zero-order valence-corrected chi connectivity index (χ0v) is 17.2. The Morgan fingerprint density at radius 2 is 2.00 bits per heavy atom. The first kappa shape index (κ1) is 18.5. The van der Waals surface area contributed by atoms with E-state index >= 15 is 0 Å². The van der Waals surface area contributed by atoms with Crippen molar-refractivity contribution in [1.82, 2.24) is 0 Å². The molecule has 1 aromatic rings. The van der Waals surface area contributed by atoms with Crippen molar-refractivity contribution in [3.05, 3.63) is 16.8 Å². The van der Waals surface area contributed by atoms with Gasteiger partial charge in [0.25, 0.3) is 0 Å². The molecule has 0 bridgehead atoms. The van der Waals surface area contributed by atoms with E-state index in [-0.39, 0.29) is 6.42 Å². The highest BCUT2D eigenvalue weighted by molar-refractivity contribution is 14.1. The van der Waals surface area contributed by atoms with Crippen LogP contribution in [0.2, 0.25) is 0 Å². The number of aliphatic hydroxyl groups is 1. The number of carboxylic acid groups (broad SMARTS) is 1. The molecule has 0 fully saturated rings. The maximum absolute atomic E-state index is 10.5. The second kappa shape index (κ2) is 8.17. The van der Waals surface area contributed by atoms with E-state index in [1.807, 2.05) is 6.07 Å². The van der Waals surface area contributed by atoms with Crippen molar-refractivity contribution >= 4 is 85.1 Å². The Hall–Kier alpha value is 0.440. The van der Waals surface area contributed by atoms with Crippen molar-refractivity contribution in [3.63, 3.8) is 0 Å². The van der Waals surface area contributed by atoms with E-state index in [0.29, 0.717) is 18.5 Å². The fraction of sp³-hybridized carbons (Fsp3) is 0.417. The number of rotatable bonds is 6. The number of nitrogens with two attached hydrogens (primary N) is 1. The van der Waals surface area contributed by atoms with Crippen LogP contribution < -0.4 is 10.6 Å². The fourth-order valence-corrected chi connectivity index (χ4v) is 5.83. The molecule has 8 heteroatoms. The zero-order chi connectivity index (χ0) is 15.4. The average Bonchev–Trinajstić information content (AvgIpc) is 2.35. The van der Waals surface area contributed by atoms with Crippen LogP contribution >= 0.6 is 67.8 Å². The van der Waals surface area contributed by atoms with Crippen LogP contribution in [0.3, 0.4) is 0 Å². The van der Waals surface area contributed by atoms with Crippen molar-refractivity contribution < 1.29 is 15.0 Å². The molecule has 1 aromatic carbocycles. The molecule has 0 spiro atoms. The van der Waals surface area contributed by atoms with Gasteiger partial charge in [-0.15, -0.1) is 0 Å². The predicted molar refractivity (Wildman–Crippen MR) is 105 cm³/mol. The van der Waals surface area contributed by atoms with E-state index < -0.39 is 12.2 Å². The molecule has 0 heterocycles. The highest BCUT2D eigenvalue weighted by Gasteiger charge is 2.20. The Labute approximate surface area is 158 Å². The van der Waals surface area contributed by atoms with Gasteiger partial charge in [-0.25, -0.2) is 0 Å². The topological polar surface area (TPSA) is 86.8 Å². The smallest absolute Gasteiger partial charge is 0.303 e. The van der Waals surface area contributed by atoms with E-state index in [4.69, 9.17) is 10.8 Å². The summed E-state index contributed by atoms with van der Waals surface area (Å²) in [6.45, 7) is 0. The lowest BCUT2D eigenvalue weighted by atomic mass is 10.2. The molecule has 0 amide bonds. The monoisotopic (exact) mass is 616 g/mol. The molecular formula is C12H15I3N2O3. The predicted octanol–water partition coefficient (Wildman–Crippen LogP) is 3.09. The molecule has 20 heavy (non-hydrogen) atoms. The molecule has 4 N–H and O–H groups in total. The van der Waals surface area contributed by atoms with Crippen molar-refractivity contribution in [2.45, 2.75) is 25.5 Å². The molecule has 0 aromatic heterocycles. The van der Waals surface area contributed by atoms with Gasteiger partial charge in [0, 0.05) is 20.6 Å². The highest BCUT2D eigenvalue weighted by atomic mass is 127. The van der Waals surface area contributed by atoms with Crippen LogP contribution in [0.1, 0.15) is 19.3 Å². The summed E-state index contributed by atoms with van der Waals surface area (Å²) in [5.74, 6) is -0.845. The molecule has 5 nitrogen and oxygen atoms in total. The Morgan fingerprint density at radius 1 is 1.40 bits per heavy atom. The third-order valence-electron chi connectivity index (χ3n) is 2.83. The molecule has 0 saturated heterocycles. The van der Waals surface area contributed by atoms with Crippen LogP contribution in [-0.4, -0.2) is 29.5 Å². The summed E-state index contributed by atoms with van der Waals surface area (Å²) in [6.07, 6.45) is 0.179. The van der Waals surface area contributed by atoms with Crippen molar-refractivity contribution in [3.8, 4) is 0 Å². The van der Waals surface area contributed by atoms with Gasteiger partial charge in [-0.3, -0.25) is 4.79 Å². The SMILES string of the molecule is CN(c1c(I)cc(I)c(N)c1I)C(O)CCCC(=O)O. The third-order valence-corrected chi connectivity index (χ3v) is 5.64. The Balaban J connectivity index is 2.89. The van der Waals surface area contributed by atoms with Crippen LogP contribution in [0.5, 0.6) is 0 Å². The third kappa shape index (κ3) is 4.73. The minimum atomic E-state index is -0.845. The van der Waals surface area contributed by atoms with Crippen molar-refractivity contribution in [2.24, 2.45) is 0 Å². The van der Waals surface area contributed by atoms with Gasteiger partial charge in [0.15, 0.2) is 0 Å². The van der Waals surface area contributed by atoms with Gasteiger partial charge >= 0.3 is 5.97 Å². The Kier molecular flexibility index (Phi) is 7.56. The Morgan fingerprint density at radius 3 is 2.55 bits per heavy atom. The van der Waals surface area contributed by atoms with Crippen LogP contribution in [0, 0.1) is 10.7 Å². The van der Waals surface area contributed by atoms with Crippen LogP contribution in [0.25, 0.3) is 0 Å². The molecule has 0 radical (unpaired) electrons. The molecule has 0 saturated carbocycles. The van der Waals surface area contributed by atoms with E-state index in [2.05, 4.69) is 67.8 Å². The largest absolute Gasteiger partial charge is 0.481 e. The number of nitrogens with zero attached hydrogens (tertiary/aromatic N) is 1. The number of benzene rings is 1. The summed E-state index contributed by atoms with van der Waals surface area (Å²) in [5, 5.41) is 18.8. The summed E-state index contributed by atoms with van der Waals surface area (Å²) in [4.78, 5) is 12.2. The lowest BCUT2D eigenvalue weighted by Crippen LogP contribution is -2.33. The number of nitrogen functional groups attached to an aromatic ring is 1. The van der Waals surface area contributed by atoms with Crippen LogP contribution in [-0.2, 0) is 4.79 Å². The minimum Gasteiger partial charge on any atom is -0.481 e. The van der Waals surface area contributed by atoms with E-state index in [1.54, 1.807) is 11.9 Å². The number of carbonyl (C=O) groups is 1. The number of anilines is 2. The van der Waals surface area contributed by atoms with E-state index in [0.717, 1.165) is 16.4 Å². The summed E-state index contributed by atoms with van der Waals surface area (Å²) in [7, 11) is 1.79. The first-order chi connectivity index (χ1) is 9.25. The lowest BCUT2D eigenvalue weighted by molar-refractivity contribution is -0.137. The minimum absolute atomic E-state index is 0.0634. The van der Waals surface area contributed by atoms with Gasteiger partial charge in [0.2, 0.25) is 0 Å². The molecule has 1 atom stereocenters. The number of hydrogen-bond donors (Lipinski definition) is 3. The second-order valence-electron chi connectivity index (χ2n) is 4.29. The molecule has 1 unspecified atom stereocenters. The van der Waals surface area contributed by atoms with Gasteiger partial charge in [-0.05, 0) is 86.7 Å². The average molecular weight is 616 g/mol. The number of aliphatic hydroxyl groups excluding tert-OH is 1. The van der Waals surface area contributed by atoms with Gasteiger partial charge in [-0.2, -0.15) is 0 Å². The van der Waals surface area contributed by atoms with Crippen LogP contribution in [0.15, 0.2) is 6.07 Å². The summed E-state index contributed by atoms with van der Waals surface area (Å²) >= 11 is 6.57. The molecule has 112 valence electrons. The van der Waals surface area contributed by atoms with Gasteiger partial charge < -0.3 is 20.8 Å². The Bertz CT molecular complexity index is 511. The van der Waals surface area contributed by atoms with Crippen molar-refractivity contribution in [1.29, 1.82) is 0 Å². The van der Waals surface area contributed by atoms with Gasteiger partial charge in [0.05, 0.1) is 14.9 Å². The number of carboxylic acids is 1. The summed E-state index contributed by atoms with van der Waals surface area (Å²) < 4.78 is 2.89. The summed E-state index contributed by atoms with van der Waals surface area (Å²) in [6, 6.07) is 1.97. The maximum Gasteiger partial charge on any atom is 0.303 e. The first-order valence-electron chi connectivity index (χ1n) is 5.81. The van der Waals surface area contributed by atoms with Crippen LogP contribution in [0.4, 0.5) is 11.4 Å². The van der Waals surface area contributed by atoms with E-state index in [1.165, 1.54) is 0 Å². The molecule has 0 aliphatic rings. The molecule has 0 aliphatic carbocycles. The number of halogens is 3. The summed E-state index contributed by atoms with van der Waals surface area (Å²) in [5.41, 5.74) is 7.61. The molecule has 0 aliphatic heterocycles. The van der Waals surface area contributed by atoms with Gasteiger partial charge in [-0.1, -0.05) is 0 Å². The van der Waals surface area contributed by atoms with Crippen molar-refractivity contribution in [2.75, 3.05) is 17.7 Å². The quantitative estimate of drug-likeness (QED) is 0.260. The number of aliphatic carboxylic acids is 1. The fourth-order valence-electron chi connectivity index (χ4n) is 1.70. The lowest BCUT2D eigenvalue weighted by Gasteiger charge is -2.28. The second-order valence-corrected chi connectivity index (χ2v) is 7.70. The standard InChI is InChI=1S/C12H15I3N2O3/c1-17(8(18)3-2-4-9(19)20)12-7(14)5-6(13)11(16)10(12)15/h5,8,18H,2-4,16H2,1H3,(H,19,20). The van der Waals surface area contributed by atoms with E-state index in [9.17, 15) is 9.90 Å². The first-order valence-corrected chi connectivity index (χ1v) is 9.05. The maximum atomic E-state index is 10.5. The normalized spacial score (nSPS) is 12.2. The van der Waals surface area contributed by atoms with Gasteiger partial charge in [0.1, 0.15) is 6.23 Å². The molecular weight excluding hydrogens is 601 g/mol. The molecule has 1 rings (SSSR count). The zero-order valence-electron chi connectivity index (χ0n) is 10.7. The highest BCUT2D eigenvalue weighted by Crippen LogP contribution is 2.36.